The molecule has 1 heterocycles. The van der Waals surface area contributed by atoms with Crippen molar-refractivity contribution in [3.63, 3.8) is 0 Å². The molecule has 0 radical (unpaired) electrons. The van der Waals surface area contributed by atoms with Crippen molar-refractivity contribution in [3.8, 4) is 5.75 Å². The van der Waals surface area contributed by atoms with Crippen LogP contribution in [0.3, 0.4) is 0 Å². The molecule has 0 atom stereocenters. The number of fused-ring (bicyclic) bond motifs is 3. The minimum Gasteiger partial charge on any atom is -0.489 e. The molecule has 1 N–H and O–H groups in total. The van der Waals surface area contributed by atoms with Crippen LogP contribution in [-0.2, 0) is 19.4 Å². The SMILES string of the molecule is O=C(O)c1ccc(COc2ccc3c4c(c(=O)oc3c2)CCCC4)cc1. The van der Waals surface area contributed by atoms with Crippen molar-refractivity contribution < 1.29 is 19.1 Å². The molecular formula is C21H18O5. The Morgan fingerprint density at radius 2 is 1.77 bits per heavy atom. The summed E-state index contributed by atoms with van der Waals surface area (Å²) < 4.78 is 11.3. The van der Waals surface area contributed by atoms with Crippen molar-refractivity contribution in [3.05, 3.63) is 75.1 Å². The molecule has 26 heavy (non-hydrogen) atoms. The number of ether oxygens (including phenoxy) is 1. The van der Waals surface area contributed by atoms with E-state index in [1.807, 2.05) is 12.1 Å². The Balaban J connectivity index is 1.58. The summed E-state index contributed by atoms with van der Waals surface area (Å²) in [7, 11) is 0. The standard InChI is InChI=1S/C21H18O5/c22-20(23)14-7-5-13(6-8-14)12-25-15-9-10-17-16-3-1-2-4-18(16)21(24)26-19(17)11-15/h5-11H,1-4,12H2,(H,22,23). The Morgan fingerprint density at radius 1 is 1.04 bits per heavy atom. The molecule has 0 fully saturated rings. The van der Waals surface area contributed by atoms with Crippen molar-refractivity contribution in [2.45, 2.75) is 32.3 Å². The summed E-state index contributed by atoms with van der Waals surface area (Å²) in [6.07, 6.45) is 3.83. The Kier molecular flexibility index (Phi) is 4.21. The van der Waals surface area contributed by atoms with E-state index in [1.54, 1.807) is 30.3 Å². The first-order valence-corrected chi connectivity index (χ1v) is 8.65. The predicted octanol–water partition coefficient (Wildman–Crippen LogP) is 3.95. The summed E-state index contributed by atoms with van der Waals surface area (Å²) in [5, 5.41) is 9.91. The molecule has 5 heteroatoms. The van der Waals surface area contributed by atoms with Crippen molar-refractivity contribution in [1.82, 2.24) is 0 Å². The van der Waals surface area contributed by atoms with Crippen molar-refractivity contribution in [2.24, 2.45) is 0 Å². The van der Waals surface area contributed by atoms with E-state index < -0.39 is 5.97 Å². The van der Waals surface area contributed by atoms with E-state index >= 15 is 0 Å². The van der Waals surface area contributed by atoms with Gasteiger partial charge >= 0.3 is 11.6 Å². The van der Waals surface area contributed by atoms with Gasteiger partial charge < -0.3 is 14.3 Å². The Hall–Kier alpha value is -3.08. The van der Waals surface area contributed by atoms with Crippen LogP contribution in [0.2, 0.25) is 0 Å². The van der Waals surface area contributed by atoms with Crippen LogP contribution >= 0.6 is 0 Å². The number of aryl methyl sites for hydroxylation is 1. The largest absolute Gasteiger partial charge is 0.489 e. The molecule has 0 unspecified atom stereocenters. The minimum absolute atomic E-state index is 0.242. The van der Waals surface area contributed by atoms with Crippen LogP contribution in [-0.4, -0.2) is 11.1 Å². The molecule has 4 rings (SSSR count). The van der Waals surface area contributed by atoms with Crippen LogP contribution in [0.5, 0.6) is 5.75 Å². The van der Waals surface area contributed by atoms with E-state index in [4.69, 9.17) is 14.3 Å². The van der Waals surface area contributed by atoms with Crippen LogP contribution < -0.4 is 10.4 Å². The van der Waals surface area contributed by atoms with Gasteiger partial charge in [-0.1, -0.05) is 12.1 Å². The zero-order valence-electron chi connectivity index (χ0n) is 14.2. The molecule has 2 aromatic carbocycles. The second-order valence-electron chi connectivity index (χ2n) is 6.50. The summed E-state index contributed by atoms with van der Waals surface area (Å²) in [4.78, 5) is 23.1. The highest BCUT2D eigenvalue weighted by Crippen LogP contribution is 2.29. The average Bonchev–Trinajstić information content (AvgIpc) is 2.67. The summed E-state index contributed by atoms with van der Waals surface area (Å²) in [5.74, 6) is -0.343. The highest BCUT2D eigenvalue weighted by atomic mass is 16.5. The van der Waals surface area contributed by atoms with Gasteiger partial charge in [-0.15, -0.1) is 0 Å². The second kappa shape index (κ2) is 6.67. The maximum absolute atomic E-state index is 12.2. The minimum atomic E-state index is -0.953. The molecule has 0 aliphatic heterocycles. The zero-order chi connectivity index (χ0) is 18.1. The van der Waals surface area contributed by atoms with E-state index in [0.717, 1.165) is 47.8 Å². The summed E-state index contributed by atoms with van der Waals surface area (Å²) in [6.45, 7) is 0.306. The van der Waals surface area contributed by atoms with Crippen LogP contribution in [0.4, 0.5) is 0 Å². The molecule has 5 nitrogen and oxygen atoms in total. The zero-order valence-corrected chi connectivity index (χ0v) is 14.2. The van der Waals surface area contributed by atoms with E-state index in [2.05, 4.69) is 0 Å². The van der Waals surface area contributed by atoms with E-state index in [-0.39, 0.29) is 11.2 Å². The topological polar surface area (TPSA) is 76.7 Å². The van der Waals surface area contributed by atoms with Crippen LogP contribution in [0.1, 0.15) is 39.9 Å². The van der Waals surface area contributed by atoms with E-state index in [9.17, 15) is 9.59 Å². The Labute approximate surface area is 149 Å². The van der Waals surface area contributed by atoms with Gasteiger partial charge in [0, 0.05) is 17.0 Å². The second-order valence-corrected chi connectivity index (χ2v) is 6.50. The van der Waals surface area contributed by atoms with E-state index in [1.165, 1.54) is 0 Å². The van der Waals surface area contributed by atoms with Crippen LogP contribution in [0.15, 0.2) is 51.7 Å². The van der Waals surface area contributed by atoms with Crippen molar-refractivity contribution >= 4 is 16.9 Å². The predicted molar refractivity (Wildman–Crippen MR) is 96.9 cm³/mol. The van der Waals surface area contributed by atoms with Gasteiger partial charge in [-0.2, -0.15) is 0 Å². The van der Waals surface area contributed by atoms with Crippen LogP contribution in [0, 0.1) is 0 Å². The quantitative estimate of drug-likeness (QED) is 0.721. The molecule has 0 saturated carbocycles. The molecular weight excluding hydrogens is 332 g/mol. The number of carbonyl (C=O) groups is 1. The average molecular weight is 350 g/mol. The lowest BCUT2D eigenvalue weighted by Crippen LogP contribution is -2.15. The van der Waals surface area contributed by atoms with Crippen molar-refractivity contribution in [1.29, 1.82) is 0 Å². The molecule has 1 aromatic heterocycles. The lowest BCUT2D eigenvalue weighted by atomic mass is 9.91. The van der Waals surface area contributed by atoms with Gasteiger partial charge in [-0.25, -0.2) is 9.59 Å². The monoisotopic (exact) mass is 350 g/mol. The fourth-order valence-corrected chi connectivity index (χ4v) is 3.43. The Bertz CT molecular complexity index is 1030. The maximum atomic E-state index is 12.2. The summed E-state index contributed by atoms with van der Waals surface area (Å²) in [6, 6.07) is 12.1. The van der Waals surface area contributed by atoms with Gasteiger partial charge in [0.2, 0.25) is 0 Å². The molecule has 132 valence electrons. The number of hydrogen-bond donors (Lipinski definition) is 1. The highest BCUT2D eigenvalue weighted by Gasteiger charge is 2.18. The van der Waals surface area contributed by atoms with Gasteiger partial charge in [-0.05, 0) is 61.1 Å². The molecule has 1 aliphatic carbocycles. The number of rotatable bonds is 4. The van der Waals surface area contributed by atoms with Gasteiger partial charge in [0.1, 0.15) is 17.9 Å². The molecule has 0 spiro atoms. The Morgan fingerprint density at radius 3 is 2.50 bits per heavy atom. The molecule has 1 aliphatic rings. The van der Waals surface area contributed by atoms with Crippen LogP contribution in [0.25, 0.3) is 11.0 Å². The fraction of sp³-hybridized carbons (Fsp3) is 0.238. The lowest BCUT2D eigenvalue weighted by Gasteiger charge is -2.16. The van der Waals surface area contributed by atoms with Gasteiger partial charge in [0.25, 0.3) is 0 Å². The highest BCUT2D eigenvalue weighted by molar-refractivity contribution is 5.87. The number of benzene rings is 2. The number of aromatic carboxylic acids is 1. The number of hydrogen-bond acceptors (Lipinski definition) is 4. The third-order valence-electron chi connectivity index (χ3n) is 4.80. The first-order chi connectivity index (χ1) is 12.6. The maximum Gasteiger partial charge on any atom is 0.339 e. The summed E-state index contributed by atoms with van der Waals surface area (Å²) in [5.41, 5.74) is 3.34. The van der Waals surface area contributed by atoms with E-state index in [0.29, 0.717) is 17.9 Å². The van der Waals surface area contributed by atoms with Crippen molar-refractivity contribution in [2.75, 3.05) is 0 Å². The molecule has 0 saturated heterocycles. The summed E-state index contributed by atoms with van der Waals surface area (Å²) >= 11 is 0. The van der Waals surface area contributed by atoms with Gasteiger partial charge in [0.05, 0.1) is 5.56 Å². The molecule has 0 bridgehead atoms. The lowest BCUT2D eigenvalue weighted by molar-refractivity contribution is 0.0697. The van der Waals surface area contributed by atoms with Gasteiger partial charge in [0.15, 0.2) is 0 Å². The number of carboxylic acid groups (broad SMARTS) is 1. The fourth-order valence-electron chi connectivity index (χ4n) is 3.43. The first kappa shape index (κ1) is 16.4. The molecule has 0 amide bonds. The first-order valence-electron chi connectivity index (χ1n) is 8.65. The third-order valence-corrected chi connectivity index (χ3v) is 4.80. The van der Waals surface area contributed by atoms with Gasteiger partial charge in [-0.3, -0.25) is 0 Å². The third kappa shape index (κ3) is 3.08. The molecule has 3 aromatic rings. The number of carboxylic acids is 1. The smallest absolute Gasteiger partial charge is 0.339 e. The normalized spacial score (nSPS) is 13.4.